The highest BCUT2D eigenvalue weighted by Crippen LogP contribution is 2.27. The molecule has 0 radical (unpaired) electrons. The highest BCUT2D eigenvalue weighted by atomic mass is 35.5. The maximum absolute atomic E-state index is 11.9. The smallest absolute Gasteiger partial charge is 0.225 e. The minimum Gasteiger partial charge on any atom is -0.489 e. The number of rotatable bonds is 8. The molecule has 1 aromatic rings. The number of carbonyl (C=O) groups excluding carboxylic acids is 1. The van der Waals surface area contributed by atoms with Crippen LogP contribution in [0.15, 0.2) is 18.3 Å². The van der Waals surface area contributed by atoms with Crippen LogP contribution in [0.4, 0.5) is 5.82 Å². The van der Waals surface area contributed by atoms with E-state index in [9.17, 15) is 4.79 Å². The predicted octanol–water partition coefficient (Wildman–Crippen LogP) is 3.82. The lowest BCUT2D eigenvalue weighted by molar-refractivity contribution is -0.116. The van der Waals surface area contributed by atoms with Crippen molar-refractivity contribution in [2.45, 2.75) is 44.9 Å². The van der Waals surface area contributed by atoms with Crippen LogP contribution in [-0.4, -0.2) is 31.1 Å². The minimum absolute atomic E-state index is 0. The van der Waals surface area contributed by atoms with Gasteiger partial charge >= 0.3 is 0 Å². The van der Waals surface area contributed by atoms with Crippen molar-refractivity contribution in [2.75, 3.05) is 25.5 Å². The summed E-state index contributed by atoms with van der Waals surface area (Å²) in [5.41, 5.74) is 0. The van der Waals surface area contributed by atoms with Crippen molar-refractivity contribution < 1.29 is 9.53 Å². The molecule has 1 aromatic heterocycles. The highest BCUT2D eigenvalue weighted by molar-refractivity contribution is 5.91. The molecule has 1 heterocycles. The highest BCUT2D eigenvalue weighted by Gasteiger charge is 2.15. The summed E-state index contributed by atoms with van der Waals surface area (Å²) in [4.78, 5) is 16.1. The maximum Gasteiger partial charge on any atom is 0.225 e. The molecular formula is C17H29Cl2N3O2. The molecule has 0 aromatic carbocycles. The second-order valence-electron chi connectivity index (χ2n) is 5.92. The third-order valence-electron chi connectivity index (χ3n) is 4.06. The molecule has 7 heteroatoms. The summed E-state index contributed by atoms with van der Waals surface area (Å²) in [6.45, 7) is 1.55. The molecule has 2 N–H and O–H groups in total. The third-order valence-corrected chi connectivity index (χ3v) is 4.06. The number of anilines is 1. The average molecular weight is 378 g/mol. The summed E-state index contributed by atoms with van der Waals surface area (Å²) >= 11 is 0. The zero-order valence-electron chi connectivity index (χ0n) is 14.3. The Morgan fingerprint density at radius 1 is 1.29 bits per heavy atom. The van der Waals surface area contributed by atoms with Gasteiger partial charge in [0.25, 0.3) is 0 Å². The Bertz CT molecular complexity index is 469. The standard InChI is InChI=1S/C17H27N3O2.2ClH/c1-18-11-6-10-16(21)20-17-15(9-5-12-19-17)22-13-14-7-3-2-4-8-14;;/h5,9,12,14,18H,2-4,6-8,10-11,13H2,1H3,(H,19,20,21);2*1H. The maximum atomic E-state index is 11.9. The molecule has 1 amide bonds. The second-order valence-corrected chi connectivity index (χ2v) is 5.92. The molecule has 1 aliphatic carbocycles. The summed E-state index contributed by atoms with van der Waals surface area (Å²) in [5, 5.41) is 5.89. The molecule has 0 aliphatic heterocycles. The first-order valence-corrected chi connectivity index (χ1v) is 8.32. The molecule has 138 valence electrons. The van der Waals surface area contributed by atoms with E-state index < -0.39 is 0 Å². The van der Waals surface area contributed by atoms with Gasteiger partial charge < -0.3 is 15.4 Å². The topological polar surface area (TPSA) is 63.2 Å². The van der Waals surface area contributed by atoms with Gasteiger partial charge in [-0.05, 0) is 50.9 Å². The van der Waals surface area contributed by atoms with Crippen LogP contribution in [0, 0.1) is 5.92 Å². The fourth-order valence-electron chi connectivity index (χ4n) is 2.78. The Hall–Kier alpha value is -1.04. The summed E-state index contributed by atoms with van der Waals surface area (Å²) in [7, 11) is 1.88. The Labute approximate surface area is 157 Å². The Morgan fingerprint density at radius 2 is 2.04 bits per heavy atom. The van der Waals surface area contributed by atoms with Gasteiger partial charge in [0.1, 0.15) is 0 Å². The molecule has 0 spiro atoms. The monoisotopic (exact) mass is 377 g/mol. The van der Waals surface area contributed by atoms with Gasteiger partial charge in [-0.3, -0.25) is 4.79 Å². The Balaban J connectivity index is 0.00000264. The molecule has 0 saturated heterocycles. The lowest BCUT2D eigenvalue weighted by Crippen LogP contribution is -2.18. The molecule has 24 heavy (non-hydrogen) atoms. The van der Waals surface area contributed by atoms with Gasteiger partial charge in [-0.1, -0.05) is 19.3 Å². The second kappa shape index (κ2) is 13.3. The van der Waals surface area contributed by atoms with Gasteiger partial charge in [-0.15, -0.1) is 24.8 Å². The quantitative estimate of drug-likeness (QED) is 0.675. The van der Waals surface area contributed by atoms with Crippen molar-refractivity contribution in [2.24, 2.45) is 5.92 Å². The van der Waals surface area contributed by atoms with E-state index in [-0.39, 0.29) is 30.7 Å². The van der Waals surface area contributed by atoms with Gasteiger partial charge in [0.15, 0.2) is 11.6 Å². The Morgan fingerprint density at radius 3 is 2.75 bits per heavy atom. The number of amides is 1. The average Bonchev–Trinajstić information content (AvgIpc) is 2.55. The van der Waals surface area contributed by atoms with Gasteiger partial charge in [-0.25, -0.2) is 4.98 Å². The van der Waals surface area contributed by atoms with Gasteiger partial charge in [0.05, 0.1) is 6.61 Å². The number of nitrogens with zero attached hydrogens (tertiary/aromatic N) is 1. The van der Waals surface area contributed by atoms with Gasteiger partial charge in [-0.2, -0.15) is 0 Å². The number of nitrogens with one attached hydrogen (secondary N) is 2. The Kier molecular flexibility index (Phi) is 12.7. The number of carbonyl (C=O) groups is 1. The van der Waals surface area contributed by atoms with Crippen molar-refractivity contribution in [3.05, 3.63) is 18.3 Å². The fraction of sp³-hybridized carbons (Fsp3) is 0.647. The summed E-state index contributed by atoms with van der Waals surface area (Å²) in [6.07, 6.45) is 9.41. The summed E-state index contributed by atoms with van der Waals surface area (Å²) in [6, 6.07) is 3.71. The summed E-state index contributed by atoms with van der Waals surface area (Å²) in [5.74, 6) is 1.83. The SMILES string of the molecule is CNCCCC(=O)Nc1ncccc1OCC1CCCCC1.Cl.Cl. The van der Waals surface area contributed by atoms with Crippen LogP contribution >= 0.6 is 24.8 Å². The van der Waals surface area contributed by atoms with Crippen LogP contribution in [0.5, 0.6) is 5.75 Å². The molecule has 1 fully saturated rings. The van der Waals surface area contributed by atoms with E-state index in [2.05, 4.69) is 15.6 Å². The van der Waals surface area contributed by atoms with E-state index in [1.165, 1.54) is 32.1 Å². The number of aromatic nitrogens is 1. The van der Waals surface area contributed by atoms with E-state index in [1.807, 2.05) is 19.2 Å². The first-order valence-electron chi connectivity index (χ1n) is 8.32. The first-order chi connectivity index (χ1) is 10.8. The number of ether oxygens (including phenoxy) is 1. The van der Waals surface area contributed by atoms with Gasteiger partial charge in [0, 0.05) is 12.6 Å². The van der Waals surface area contributed by atoms with Crippen LogP contribution in [-0.2, 0) is 4.79 Å². The van der Waals surface area contributed by atoms with E-state index >= 15 is 0 Å². The fourth-order valence-corrected chi connectivity index (χ4v) is 2.78. The molecule has 1 aliphatic rings. The lowest BCUT2D eigenvalue weighted by Gasteiger charge is -2.22. The van der Waals surface area contributed by atoms with E-state index in [0.29, 0.717) is 30.5 Å². The van der Waals surface area contributed by atoms with E-state index in [1.54, 1.807) is 6.20 Å². The largest absolute Gasteiger partial charge is 0.489 e. The van der Waals surface area contributed by atoms with Crippen LogP contribution in [0.25, 0.3) is 0 Å². The normalized spacial score (nSPS) is 14.2. The molecule has 0 bridgehead atoms. The van der Waals surface area contributed by atoms with Crippen LogP contribution < -0.4 is 15.4 Å². The van der Waals surface area contributed by atoms with Gasteiger partial charge in [0.2, 0.25) is 5.91 Å². The zero-order valence-corrected chi connectivity index (χ0v) is 15.9. The van der Waals surface area contributed by atoms with Crippen molar-refractivity contribution in [3.8, 4) is 5.75 Å². The van der Waals surface area contributed by atoms with Crippen molar-refractivity contribution in [3.63, 3.8) is 0 Å². The predicted molar refractivity (Wildman–Crippen MR) is 103 cm³/mol. The van der Waals surface area contributed by atoms with E-state index in [4.69, 9.17) is 4.74 Å². The zero-order chi connectivity index (χ0) is 15.6. The van der Waals surface area contributed by atoms with Crippen LogP contribution in [0.3, 0.4) is 0 Å². The molecule has 1 saturated carbocycles. The number of hydrogen-bond donors (Lipinski definition) is 2. The van der Waals surface area contributed by atoms with Crippen molar-refractivity contribution >= 4 is 36.5 Å². The number of halogens is 2. The van der Waals surface area contributed by atoms with Crippen LogP contribution in [0.1, 0.15) is 44.9 Å². The van der Waals surface area contributed by atoms with Crippen LogP contribution in [0.2, 0.25) is 0 Å². The van der Waals surface area contributed by atoms with Crippen molar-refractivity contribution in [1.82, 2.24) is 10.3 Å². The molecular weight excluding hydrogens is 349 g/mol. The molecule has 5 nitrogen and oxygen atoms in total. The number of pyridine rings is 1. The van der Waals surface area contributed by atoms with E-state index in [0.717, 1.165) is 13.0 Å². The number of hydrogen-bond acceptors (Lipinski definition) is 4. The summed E-state index contributed by atoms with van der Waals surface area (Å²) < 4.78 is 5.91. The van der Waals surface area contributed by atoms with Crippen molar-refractivity contribution in [1.29, 1.82) is 0 Å². The lowest BCUT2D eigenvalue weighted by atomic mass is 9.90. The first kappa shape index (κ1) is 23.0. The minimum atomic E-state index is -0.0172. The molecule has 2 rings (SSSR count). The third kappa shape index (κ3) is 8.18. The molecule has 0 unspecified atom stereocenters. The molecule has 0 atom stereocenters.